The van der Waals surface area contributed by atoms with Crippen LogP contribution in [0.1, 0.15) is 22.0 Å². The Morgan fingerprint density at radius 3 is 2.54 bits per heavy atom. The molecule has 0 spiro atoms. The number of carbonyl (C=O) groups excluding carboxylic acids is 1. The first kappa shape index (κ1) is 19.9. The summed E-state index contributed by atoms with van der Waals surface area (Å²) in [7, 11) is 3.17. The normalized spacial score (nSPS) is 11.7. The molecule has 2 aromatic carbocycles. The van der Waals surface area contributed by atoms with Gasteiger partial charge in [-0.15, -0.1) is 11.3 Å². The molecule has 0 aliphatic heterocycles. The van der Waals surface area contributed by atoms with Gasteiger partial charge in [-0.2, -0.15) is 0 Å². The Bertz CT molecular complexity index is 908. The fourth-order valence-corrected chi connectivity index (χ4v) is 3.85. The van der Waals surface area contributed by atoms with Gasteiger partial charge in [-0.1, -0.05) is 35.9 Å². The van der Waals surface area contributed by atoms with E-state index in [0.29, 0.717) is 17.2 Å². The van der Waals surface area contributed by atoms with Gasteiger partial charge in [-0.25, -0.2) is 0 Å². The van der Waals surface area contributed by atoms with E-state index < -0.39 is 0 Å². The molecule has 0 bridgehead atoms. The van der Waals surface area contributed by atoms with Gasteiger partial charge in [0.15, 0.2) is 6.54 Å². The predicted molar refractivity (Wildman–Crippen MR) is 112 cm³/mol. The number of rotatable bonds is 8. The van der Waals surface area contributed by atoms with Crippen LogP contribution in [-0.2, 0) is 4.79 Å². The Morgan fingerprint density at radius 1 is 1.11 bits per heavy atom. The Morgan fingerprint density at radius 2 is 1.89 bits per heavy atom. The SMILES string of the molecule is COc1ccc(OC)c(NC(=O)C[NH2+][C@H](c2ccc(C)cc2)c2cccs2)c1. The average Bonchev–Trinajstić information content (AvgIpc) is 3.24. The molecule has 3 aromatic rings. The van der Waals surface area contributed by atoms with E-state index in [-0.39, 0.29) is 18.5 Å². The summed E-state index contributed by atoms with van der Waals surface area (Å²) in [5.41, 5.74) is 3.00. The van der Waals surface area contributed by atoms with Crippen LogP contribution in [-0.4, -0.2) is 26.7 Å². The maximum atomic E-state index is 12.6. The van der Waals surface area contributed by atoms with Crippen LogP contribution in [0.4, 0.5) is 5.69 Å². The standard InChI is InChI=1S/C22H24N2O3S/c1-15-6-8-16(9-7-15)22(20-5-4-12-28-20)23-14-21(25)24-18-13-17(26-2)10-11-19(18)27-3/h4-13,22-23H,14H2,1-3H3,(H,24,25)/p+1/t22-/m1/s1. The van der Waals surface area contributed by atoms with Crippen LogP contribution in [0, 0.1) is 6.92 Å². The Labute approximate surface area is 169 Å². The minimum atomic E-state index is -0.0970. The van der Waals surface area contributed by atoms with Gasteiger partial charge in [0.1, 0.15) is 17.5 Å². The van der Waals surface area contributed by atoms with Crippen LogP contribution in [0.25, 0.3) is 0 Å². The first-order valence-electron chi connectivity index (χ1n) is 9.06. The summed E-state index contributed by atoms with van der Waals surface area (Å²) in [4.78, 5) is 13.8. The molecule has 3 N–H and O–H groups in total. The fourth-order valence-electron chi connectivity index (χ4n) is 3.00. The molecule has 0 aliphatic rings. The van der Waals surface area contributed by atoms with Gasteiger partial charge in [-0.3, -0.25) is 4.79 Å². The van der Waals surface area contributed by atoms with Crippen LogP contribution in [0.2, 0.25) is 0 Å². The highest BCUT2D eigenvalue weighted by Gasteiger charge is 2.20. The van der Waals surface area contributed by atoms with Gasteiger partial charge in [0.05, 0.1) is 24.8 Å². The van der Waals surface area contributed by atoms with Gasteiger partial charge < -0.3 is 20.1 Å². The summed E-state index contributed by atoms with van der Waals surface area (Å²) in [6.07, 6.45) is 0. The molecule has 1 atom stereocenters. The molecule has 28 heavy (non-hydrogen) atoms. The van der Waals surface area contributed by atoms with Crippen molar-refractivity contribution in [1.29, 1.82) is 0 Å². The van der Waals surface area contributed by atoms with Gasteiger partial charge in [0.25, 0.3) is 5.91 Å². The lowest BCUT2D eigenvalue weighted by atomic mass is 10.0. The lowest BCUT2D eigenvalue weighted by Gasteiger charge is -2.16. The average molecular weight is 398 g/mol. The van der Waals surface area contributed by atoms with Gasteiger partial charge >= 0.3 is 0 Å². The van der Waals surface area contributed by atoms with E-state index in [9.17, 15) is 4.79 Å². The quantitative estimate of drug-likeness (QED) is 0.613. The lowest BCUT2D eigenvalue weighted by Crippen LogP contribution is -2.87. The smallest absolute Gasteiger partial charge is 0.279 e. The van der Waals surface area contributed by atoms with Crippen molar-refractivity contribution in [2.45, 2.75) is 13.0 Å². The van der Waals surface area contributed by atoms with E-state index in [4.69, 9.17) is 9.47 Å². The summed E-state index contributed by atoms with van der Waals surface area (Å²) in [5.74, 6) is 1.17. The minimum Gasteiger partial charge on any atom is -0.497 e. The highest BCUT2D eigenvalue weighted by atomic mass is 32.1. The van der Waals surface area contributed by atoms with Crippen LogP contribution >= 0.6 is 11.3 Å². The van der Waals surface area contributed by atoms with Crippen LogP contribution < -0.4 is 20.1 Å². The number of benzene rings is 2. The van der Waals surface area contributed by atoms with Crippen molar-refractivity contribution in [2.24, 2.45) is 0 Å². The molecule has 0 fully saturated rings. The molecule has 5 nitrogen and oxygen atoms in total. The molecular weight excluding hydrogens is 372 g/mol. The molecule has 0 aliphatic carbocycles. The zero-order chi connectivity index (χ0) is 19.9. The molecule has 1 aromatic heterocycles. The number of nitrogens with two attached hydrogens (primary N) is 1. The minimum absolute atomic E-state index is 0.0820. The van der Waals surface area contributed by atoms with Crippen LogP contribution in [0.3, 0.4) is 0 Å². The van der Waals surface area contributed by atoms with Crippen molar-refractivity contribution in [2.75, 3.05) is 26.1 Å². The topological polar surface area (TPSA) is 64.2 Å². The predicted octanol–water partition coefficient (Wildman–Crippen LogP) is 3.37. The van der Waals surface area contributed by atoms with Crippen LogP contribution in [0.5, 0.6) is 11.5 Å². The van der Waals surface area contributed by atoms with E-state index in [1.807, 2.05) is 6.07 Å². The van der Waals surface area contributed by atoms with Gasteiger partial charge in [-0.05, 0) is 30.5 Å². The number of amides is 1. The fraction of sp³-hybridized carbons (Fsp3) is 0.227. The number of carbonyl (C=O) groups is 1. The molecule has 146 valence electrons. The van der Waals surface area contributed by atoms with Crippen molar-refractivity contribution in [3.8, 4) is 11.5 Å². The van der Waals surface area contributed by atoms with Gasteiger partial charge in [0, 0.05) is 11.6 Å². The second-order valence-electron chi connectivity index (χ2n) is 6.46. The number of quaternary nitrogens is 1. The van der Waals surface area contributed by atoms with Gasteiger partial charge in [0.2, 0.25) is 0 Å². The van der Waals surface area contributed by atoms with Crippen molar-refractivity contribution >= 4 is 22.9 Å². The molecule has 6 heteroatoms. The van der Waals surface area contributed by atoms with E-state index in [0.717, 1.165) is 0 Å². The zero-order valence-corrected chi connectivity index (χ0v) is 17.1. The van der Waals surface area contributed by atoms with Crippen molar-refractivity contribution < 1.29 is 19.6 Å². The van der Waals surface area contributed by atoms with Crippen molar-refractivity contribution in [3.63, 3.8) is 0 Å². The third-order valence-corrected chi connectivity index (χ3v) is 5.46. The third kappa shape index (κ3) is 4.91. The summed E-state index contributed by atoms with van der Waals surface area (Å²) < 4.78 is 10.6. The van der Waals surface area contributed by atoms with Crippen LogP contribution in [0.15, 0.2) is 60.0 Å². The Hall–Kier alpha value is -2.83. The molecule has 3 rings (SSSR count). The molecular formula is C22H25N2O3S+. The molecule has 0 saturated carbocycles. The summed E-state index contributed by atoms with van der Waals surface area (Å²) >= 11 is 1.70. The highest BCUT2D eigenvalue weighted by Crippen LogP contribution is 2.28. The lowest BCUT2D eigenvalue weighted by molar-refractivity contribution is -0.675. The van der Waals surface area contributed by atoms with E-state index in [1.54, 1.807) is 43.8 Å². The molecule has 1 heterocycles. The monoisotopic (exact) mass is 397 g/mol. The maximum absolute atomic E-state index is 12.6. The number of ether oxygens (including phenoxy) is 2. The first-order chi connectivity index (χ1) is 13.6. The van der Waals surface area contributed by atoms with E-state index >= 15 is 0 Å². The first-order valence-corrected chi connectivity index (χ1v) is 9.94. The van der Waals surface area contributed by atoms with E-state index in [2.05, 4.69) is 53.3 Å². The number of methoxy groups -OCH3 is 2. The highest BCUT2D eigenvalue weighted by molar-refractivity contribution is 7.10. The molecule has 0 radical (unpaired) electrons. The summed E-state index contributed by atoms with van der Waals surface area (Å²) in [5, 5.41) is 7.04. The number of hydrogen-bond acceptors (Lipinski definition) is 4. The second kappa shape index (κ2) is 9.39. The van der Waals surface area contributed by atoms with Crippen molar-refractivity contribution in [1.82, 2.24) is 0 Å². The second-order valence-corrected chi connectivity index (χ2v) is 7.44. The Kier molecular flexibility index (Phi) is 6.68. The number of anilines is 1. The largest absolute Gasteiger partial charge is 0.497 e. The maximum Gasteiger partial charge on any atom is 0.279 e. The third-order valence-electron chi connectivity index (χ3n) is 4.51. The Balaban J connectivity index is 1.71. The number of hydrogen-bond donors (Lipinski definition) is 2. The number of aryl methyl sites for hydroxylation is 1. The number of nitrogens with one attached hydrogen (secondary N) is 1. The van der Waals surface area contributed by atoms with Crippen molar-refractivity contribution in [3.05, 3.63) is 76.0 Å². The summed E-state index contributed by atoms with van der Waals surface area (Å²) in [6, 6.07) is 18.0. The number of thiophene rings is 1. The van der Waals surface area contributed by atoms with E-state index in [1.165, 1.54) is 16.0 Å². The zero-order valence-electron chi connectivity index (χ0n) is 16.3. The molecule has 0 unspecified atom stereocenters. The molecule has 1 amide bonds. The summed E-state index contributed by atoms with van der Waals surface area (Å²) in [6.45, 7) is 2.36. The molecule has 0 saturated heterocycles.